The van der Waals surface area contributed by atoms with Gasteiger partial charge >= 0.3 is 5.97 Å². The van der Waals surface area contributed by atoms with Crippen molar-refractivity contribution in [2.45, 2.75) is 30.8 Å². The number of hydrogen-bond acceptors (Lipinski definition) is 5. The van der Waals surface area contributed by atoms with Gasteiger partial charge in [-0.05, 0) is 25.5 Å². The zero-order valence-electron chi connectivity index (χ0n) is 10.3. The van der Waals surface area contributed by atoms with Crippen molar-refractivity contribution in [1.82, 2.24) is 4.98 Å². The van der Waals surface area contributed by atoms with Crippen LogP contribution in [0.5, 0.6) is 0 Å². The van der Waals surface area contributed by atoms with Gasteiger partial charge in [0.25, 0.3) is 0 Å². The zero-order valence-corrected chi connectivity index (χ0v) is 11.1. The maximum Gasteiger partial charge on any atom is 0.303 e. The SMILES string of the molecule is CC(CCC(=O)O)Nc1ccc(S(C)(=O)=O)nc1. The molecule has 0 saturated carbocycles. The Morgan fingerprint density at radius 1 is 1.50 bits per heavy atom. The molecule has 0 aliphatic heterocycles. The molecule has 1 aromatic rings. The van der Waals surface area contributed by atoms with Gasteiger partial charge in [0.1, 0.15) is 0 Å². The first kappa shape index (κ1) is 14.4. The summed E-state index contributed by atoms with van der Waals surface area (Å²) in [5.74, 6) is -0.839. The van der Waals surface area contributed by atoms with E-state index in [1.807, 2.05) is 6.92 Å². The summed E-state index contributed by atoms with van der Waals surface area (Å²) in [6, 6.07) is 3.01. The van der Waals surface area contributed by atoms with Crippen LogP contribution in [0.2, 0.25) is 0 Å². The van der Waals surface area contributed by atoms with Crippen LogP contribution in [0.1, 0.15) is 19.8 Å². The molecule has 0 amide bonds. The van der Waals surface area contributed by atoms with Gasteiger partial charge in [-0.2, -0.15) is 0 Å². The lowest BCUT2D eigenvalue weighted by atomic mass is 10.2. The average Bonchev–Trinajstić information content (AvgIpc) is 2.26. The first-order valence-electron chi connectivity index (χ1n) is 5.43. The number of carboxylic acids is 1. The molecule has 0 saturated heterocycles. The minimum absolute atomic E-state index is 0.0197. The number of carbonyl (C=O) groups is 1. The van der Waals surface area contributed by atoms with Crippen molar-refractivity contribution in [2.75, 3.05) is 11.6 Å². The highest BCUT2D eigenvalue weighted by atomic mass is 32.2. The zero-order chi connectivity index (χ0) is 13.8. The lowest BCUT2D eigenvalue weighted by Gasteiger charge is -2.13. The van der Waals surface area contributed by atoms with Crippen molar-refractivity contribution in [1.29, 1.82) is 0 Å². The molecular formula is C11H16N2O4S. The van der Waals surface area contributed by atoms with Gasteiger partial charge in [-0.3, -0.25) is 4.79 Å². The normalized spacial score (nSPS) is 13.0. The summed E-state index contributed by atoms with van der Waals surface area (Å²) in [7, 11) is -3.29. The molecule has 7 heteroatoms. The molecule has 0 radical (unpaired) electrons. The lowest BCUT2D eigenvalue weighted by Crippen LogP contribution is -2.16. The lowest BCUT2D eigenvalue weighted by molar-refractivity contribution is -0.137. The Hall–Kier alpha value is -1.63. The maximum absolute atomic E-state index is 11.2. The van der Waals surface area contributed by atoms with Crippen LogP contribution in [0.4, 0.5) is 5.69 Å². The van der Waals surface area contributed by atoms with E-state index in [1.165, 1.54) is 12.3 Å². The highest BCUT2D eigenvalue weighted by molar-refractivity contribution is 7.90. The van der Waals surface area contributed by atoms with Crippen LogP contribution in [0, 0.1) is 0 Å². The molecule has 6 nitrogen and oxygen atoms in total. The van der Waals surface area contributed by atoms with Gasteiger partial charge in [0.15, 0.2) is 14.9 Å². The third kappa shape index (κ3) is 4.70. The summed E-state index contributed by atoms with van der Waals surface area (Å²) >= 11 is 0. The molecule has 0 fully saturated rings. The maximum atomic E-state index is 11.2. The van der Waals surface area contributed by atoms with Gasteiger partial charge in [-0.15, -0.1) is 0 Å². The summed E-state index contributed by atoms with van der Waals surface area (Å²) in [5, 5.41) is 11.6. The van der Waals surface area contributed by atoms with Crippen molar-refractivity contribution >= 4 is 21.5 Å². The molecule has 18 heavy (non-hydrogen) atoms. The van der Waals surface area contributed by atoms with E-state index in [-0.39, 0.29) is 17.5 Å². The van der Waals surface area contributed by atoms with Crippen LogP contribution < -0.4 is 5.32 Å². The second-order valence-electron chi connectivity index (χ2n) is 4.14. The Balaban J connectivity index is 2.61. The van der Waals surface area contributed by atoms with Crippen LogP contribution in [-0.4, -0.2) is 36.8 Å². The number of sulfone groups is 1. The van der Waals surface area contributed by atoms with Crippen molar-refractivity contribution in [3.63, 3.8) is 0 Å². The monoisotopic (exact) mass is 272 g/mol. The molecule has 2 N–H and O–H groups in total. The van der Waals surface area contributed by atoms with Gasteiger partial charge in [0, 0.05) is 18.7 Å². The predicted octanol–water partition coefficient (Wildman–Crippen LogP) is 1.15. The van der Waals surface area contributed by atoms with Crippen molar-refractivity contribution in [2.24, 2.45) is 0 Å². The molecule has 0 spiro atoms. The molecule has 100 valence electrons. The van der Waals surface area contributed by atoms with Gasteiger partial charge in [0.05, 0.1) is 11.9 Å². The van der Waals surface area contributed by atoms with E-state index in [0.29, 0.717) is 12.1 Å². The Morgan fingerprint density at radius 2 is 2.17 bits per heavy atom. The summed E-state index contributed by atoms with van der Waals surface area (Å²) in [6.07, 6.45) is 3.09. The number of rotatable bonds is 6. The van der Waals surface area contributed by atoms with E-state index >= 15 is 0 Å². The second kappa shape index (κ2) is 5.81. The number of anilines is 1. The van der Waals surface area contributed by atoms with Gasteiger partial charge in [-0.1, -0.05) is 0 Å². The van der Waals surface area contributed by atoms with Crippen molar-refractivity contribution < 1.29 is 18.3 Å². The van der Waals surface area contributed by atoms with Gasteiger partial charge < -0.3 is 10.4 Å². The highest BCUT2D eigenvalue weighted by Gasteiger charge is 2.09. The molecule has 0 aliphatic rings. The molecule has 1 atom stereocenters. The smallest absolute Gasteiger partial charge is 0.303 e. The summed E-state index contributed by atoms with van der Waals surface area (Å²) < 4.78 is 22.4. The van der Waals surface area contributed by atoms with Gasteiger partial charge in [-0.25, -0.2) is 13.4 Å². The topological polar surface area (TPSA) is 96.4 Å². The van der Waals surface area contributed by atoms with Crippen molar-refractivity contribution in [3.8, 4) is 0 Å². The molecule has 1 rings (SSSR count). The quantitative estimate of drug-likeness (QED) is 0.806. The largest absolute Gasteiger partial charge is 0.481 e. The average molecular weight is 272 g/mol. The van der Waals surface area contributed by atoms with Gasteiger partial charge in [0.2, 0.25) is 0 Å². The number of nitrogens with one attached hydrogen (secondary N) is 1. The van der Waals surface area contributed by atoms with E-state index in [2.05, 4.69) is 10.3 Å². The third-order valence-electron chi connectivity index (χ3n) is 2.32. The standard InChI is InChI=1S/C11H16N2O4S/c1-8(3-6-11(14)15)13-9-4-5-10(12-7-9)18(2,16)17/h4-5,7-8,13H,3,6H2,1-2H3,(H,14,15). The van der Waals surface area contributed by atoms with E-state index in [9.17, 15) is 13.2 Å². The van der Waals surface area contributed by atoms with Crippen LogP contribution in [0.25, 0.3) is 0 Å². The number of hydrogen-bond donors (Lipinski definition) is 2. The molecule has 0 aliphatic carbocycles. The summed E-state index contributed by atoms with van der Waals surface area (Å²) in [6.45, 7) is 1.85. The van der Waals surface area contributed by atoms with E-state index in [4.69, 9.17) is 5.11 Å². The first-order valence-corrected chi connectivity index (χ1v) is 7.32. The van der Waals surface area contributed by atoms with Crippen LogP contribution in [-0.2, 0) is 14.6 Å². The van der Waals surface area contributed by atoms with E-state index in [1.54, 1.807) is 6.07 Å². The number of carboxylic acid groups (broad SMARTS) is 1. The fourth-order valence-corrected chi connectivity index (χ4v) is 1.94. The van der Waals surface area contributed by atoms with E-state index < -0.39 is 15.8 Å². The molecule has 0 bridgehead atoms. The van der Waals surface area contributed by atoms with Crippen LogP contribution in [0.15, 0.2) is 23.4 Å². The molecule has 0 aromatic carbocycles. The molecular weight excluding hydrogens is 256 g/mol. The molecule has 1 aromatic heterocycles. The summed E-state index contributed by atoms with van der Waals surface area (Å²) in [4.78, 5) is 14.2. The molecule has 1 heterocycles. The molecule has 1 unspecified atom stereocenters. The van der Waals surface area contributed by atoms with E-state index in [0.717, 1.165) is 6.26 Å². The highest BCUT2D eigenvalue weighted by Crippen LogP contribution is 2.12. The first-order chi connectivity index (χ1) is 8.29. The Kier molecular flexibility index (Phi) is 4.66. The summed E-state index contributed by atoms with van der Waals surface area (Å²) in [5.41, 5.74) is 0.667. The fraction of sp³-hybridized carbons (Fsp3) is 0.455. The predicted molar refractivity (Wildman–Crippen MR) is 67.3 cm³/mol. The number of aromatic nitrogens is 1. The number of pyridine rings is 1. The number of aliphatic carboxylic acids is 1. The van der Waals surface area contributed by atoms with Crippen molar-refractivity contribution in [3.05, 3.63) is 18.3 Å². The minimum Gasteiger partial charge on any atom is -0.481 e. The Morgan fingerprint density at radius 3 is 2.61 bits per heavy atom. The fourth-order valence-electron chi connectivity index (χ4n) is 1.38. The third-order valence-corrected chi connectivity index (χ3v) is 3.32. The minimum atomic E-state index is -3.29. The number of nitrogens with zero attached hydrogens (tertiary/aromatic N) is 1. The second-order valence-corrected chi connectivity index (χ2v) is 6.10. The Bertz CT molecular complexity index is 510. The Labute approximate surface area is 106 Å². The van der Waals surface area contributed by atoms with Crippen LogP contribution >= 0.6 is 0 Å². The van der Waals surface area contributed by atoms with Crippen LogP contribution in [0.3, 0.4) is 0 Å².